The van der Waals surface area contributed by atoms with Crippen LogP contribution < -0.4 is 9.47 Å². The van der Waals surface area contributed by atoms with Gasteiger partial charge in [-0.25, -0.2) is 13.6 Å². The van der Waals surface area contributed by atoms with Crippen molar-refractivity contribution in [2.45, 2.75) is 37.7 Å². The van der Waals surface area contributed by atoms with Gasteiger partial charge in [-0.15, -0.1) is 0 Å². The number of carboxylic acid groups (broad SMARTS) is 1. The minimum Gasteiger partial charge on any atom is -0.489 e. The van der Waals surface area contributed by atoms with Gasteiger partial charge in [0.2, 0.25) is 0 Å². The predicted octanol–water partition coefficient (Wildman–Crippen LogP) is 8.24. The first-order chi connectivity index (χ1) is 18.2. The fourth-order valence-corrected chi connectivity index (χ4v) is 5.14. The number of benzene rings is 3. The first-order valence-corrected chi connectivity index (χ1v) is 12.6. The van der Waals surface area contributed by atoms with E-state index in [1.165, 1.54) is 36.4 Å². The van der Waals surface area contributed by atoms with Gasteiger partial charge in [0.25, 0.3) is 5.92 Å². The molecule has 0 atom stereocenters. The number of halogens is 4. The van der Waals surface area contributed by atoms with Crippen molar-refractivity contribution in [3.63, 3.8) is 0 Å². The Bertz CT molecular complexity index is 1560. The highest BCUT2D eigenvalue weighted by Gasteiger charge is 2.39. The third-order valence-corrected chi connectivity index (χ3v) is 7.27. The molecule has 6 rings (SSSR count). The van der Waals surface area contributed by atoms with Crippen molar-refractivity contribution < 1.29 is 32.7 Å². The summed E-state index contributed by atoms with van der Waals surface area (Å²) in [6, 6.07) is 13.2. The summed E-state index contributed by atoms with van der Waals surface area (Å²) in [4.78, 5) is 11.3. The molecule has 38 heavy (non-hydrogen) atoms. The van der Waals surface area contributed by atoms with Gasteiger partial charge in [-0.1, -0.05) is 40.5 Å². The Hall–Kier alpha value is -3.62. The molecular weight excluding hydrogens is 539 g/mol. The Morgan fingerprint density at radius 2 is 1.84 bits per heavy atom. The number of hydrogen-bond acceptors (Lipinski definition) is 5. The Balaban J connectivity index is 1.32. The van der Waals surface area contributed by atoms with Crippen LogP contribution in [0.25, 0.3) is 11.3 Å². The SMILES string of the molecule is O=C(O)c1ccc2c(c1)Oc1ccc(OCc3c(-c4c(Cl)cccc4Cl)noc3C3CC3)cc1C(F)(F)C2. The van der Waals surface area contributed by atoms with E-state index < -0.39 is 18.3 Å². The highest BCUT2D eigenvalue weighted by Crippen LogP contribution is 2.48. The lowest BCUT2D eigenvalue weighted by Gasteiger charge is -2.17. The lowest BCUT2D eigenvalue weighted by Crippen LogP contribution is -2.16. The van der Waals surface area contributed by atoms with E-state index in [0.29, 0.717) is 32.6 Å². The molecule has 1 saturated carbocycles. The van der Waals surface area contributed by atoms with Crippen molar-refractivity contribution in [2.75, 3.05) is 0 Å². The molecule has 194 valence electrons. The van der Waals surface area contributed by atoms with Gasteiger partial charge < -0.3 is 19.1 Å². The van der Waals surface area contributed by atoms with Crippen molar-refractivity contribution >= 4 is 29.2 Å². The number of nitrogens with zero attached hydrogens (tertiary/aromatic N) is 1. The van der Waals surface area contributed by atoms with Crippen LogP contribution in [0.15, 0.2) is 59.1 Å². The molecule has 0 spiro atoms. The maximum absolute atomic E-state index is 15.3. The highest BCUT2D eigenvalue weighted by molar-refractivity contribution is 6.39. The van der Waals surface area contributed by atoms with Crippen LogP contribution in [0.3, 0.4) is 0 Å². The molecule has 0 amide bonds. The molecule has 0 radical (unpaired) electrons. The number of aromatic nitrogens is 1. The molecule has 1 aromatic heterocycles. The maximum atomic E-state index is 15.3. The van der Waals surface area contributed by atoms with Crippen molar-refractivity contribution in [2.24, 2.45) is 0 Å². The number of fused-ring (bicyclic) bond motifs is 2. The molecule has 1 N–H and O–H groups in total. The molecule has 1 aliphatic carbocycles. The lowest BCUT2D eigenvalue weighted by molar-refractivity contribution is -0.00363. The minimum atomic E-state index is -3.28. The topological polar surface area (TPSA) is 81.8 Å². The van der Waals surface area contributed by atoms with Crippen LogP contribution in [0, 0.1) is 0 Å². The Morgan fingerprint density at radius 1 is 1.08 bits per heavy atom. The number of aromatic carboxylic acids is 1. The molecule has 1 fully saturated rings. The third kappa shape index (κ3) is 4.48. The van der Waals surface area contributed by atoms with Gasteiger partial charge in [0.1, 0.15) is 35.3 Å². The summed E-state index contributed by atoms with van der Waals surface area (Å²) in [5.41, 5.74) is 1.43. The fourth-order valence-electron chi connectivity index (χ4n) is 4.56. The van der Waals surface area contributed by atoms with Crippen LogP contribution >= 0.6 is 23.2 Å². The van der Waals surface area contributed by atoms with E-state index in [1.54, 1.807) is 18.2 Å². The molecule has 6 nitrogen and oxygen atoms in total. The number of alkyl halides is 2. The average molecular weight is 558 g/mol. The van der Waals surface area contributed by atoms with E-state index in [9.17, 15) is 9.90 Å². The molecule has 10 heteroatoms. The zero-order valence-corrected chi connectivity index (χ0v) is 21.2. The molecule has 0 bridgehead atoms. The van der Waals surface area contributed by atoms with Crippen LogP contribution in [-0.4, -0.2) is 16.2 Å². The van der Waals surface area contributed by atoms with E-state index in [2.05, 4.69) is 5.16 Å². The van der Waals surface area contributed by atoms with Crippen molar-refractivity contribution in [1.82, 2.24) is 5.16 Å². The quantitative estimate of drug-likeness (QED) is 0.257. The van der Waals surface area contributed by atoms with Gasteiger partial charge in [-0.3, -0.25) is 0 Å². The Labute approximate surface area is 225 Å². The molecule has 1 aliphatic heterocycles. The summed E-state index contributed by atoms with van der Waals surface area (Å²) >= 11 is 12.8. The molecule has 4 aromatic rings. The Morgan fingerprint density at radius 3 is 2.55 bits per heavy atom. The zero-order valence-electron chi connectivity index (χ0n) is 19.6. The van der Waals surface area contributed by atoms with Gasteiger partial charge in [0, 0.05) is 23.5 Å². The number of ether oxygens (including phenoxy) is 2. The highest BCUT2D eigenvalue weighted by atomic mass is 35.5. The van der Waals surface area contributed by atoms with E-state index in [1.807, 2.05) is 0 Å². The van der Waals surface area contributed by atoms with Gasteiger partial charge in [0.05, 0.1) is 26.7 Å². The molecule has 0 unspecified atom stereocenters. The monoisotopic (exact) mass is 557 g/mol. The average Bonchev–Trinajstić information content (AvgIpc) is 3.65. The largest absolute Gasteiger partial charge is 0.489 e. The molecule has 3 aromatic carbocycles. The van der Waals surface area contributed by atoms with Gasteiger partial charge >= 0.3 is 5.97 Å². The second-order valence-electron chi connectivity index (χ2n) is 9.30. The standard InChI is InChI=1S/C28H19Cl2F2NO5/c29-20-2-1-3-21(30)24(20)25-18(26(38-33-25)14-4-5-14)13-36-17-8-9-22-19(11-17)28(31,32)12-16-7-6-15(27(34)35)10-23(16)37-22/h1-3,6-11,14H,4-5,12-13H2,(H,34,35). The summed E-state index contributed by atoms with van der Waals surface area (Å²) in [5.74, 6) is -3.37. The van der Waals surface area contributed by atoms with Gasteiger partial charge in [-0.05, 0) is 55.3 Å². The molecule has 0 saturated heterocycles. The summed E-state index contributed by atoms with van der Waals surface area (Å²) < 4.78 is 48.0. The van der Waals surface area contributed by atoms with Gasteiger partial charge in [0.15, 0.2) is 0 Å². The van der Waals surface area contributed by atoms with Crippen molar-refractivity contribution in [1.29, 1.82) is 0 Å². The second-order valence-corrected chi connectivity index (χ2v) is 10.1. The molecule has 2 heterocycles. The van der Waals surface area contributed by atoms with Crippen LogP contribution in [0.4, 0.5) is 8.78 Å². The normalized spacial score (nSPS) is 15.7. The van der Waals surface area contributed by atoms with E-state index in [-0.39, 0.29) is 46.5 Å². The summed E-state index contributed by atoms with van der Waals surface area (Å²) in [6.07, 6.45) is 1.25. The van der Waals surface area contributed by atoms with E-state index in [4.69, 9.17) is 37.2 Å². The number of rotatable bonds is 6. The van der Waals surface area contributed by atoms with Crippen LogP contribution in [0.1, 0.15) is 51.6 Å². The first-order valence-electron chi connectivity index (χ1n) is 11.8. The molecular formula is C28H19Cl2F2NO5. The summed E-state index contributed by atoms with van der Waals surface area (Å²) in [7, 11) is 0. The first kappa shape index (κ1) is 24.7. The number of hydrogen-bond donors (Lipinski definition) is 1. The number of carbonyl (C=O) groups is 1. The van der Waals surface area contributed by atoms with Gasteiger partial charge in [-0.2, -0.15) is 0 Å². The van der Waals surface area contributed by atoms with Crippen LogP contribution in [-0.2, 0) is 19.0 Å². The fraction of sp³-hybridized carbons (Fsp3) is 0.214. The smallest absolute Gasteiger partial charge is 0.335 e. The summed E-state index contributed by atoms with van der Waals surface area (Å²) in [6.45, 7) is -0.000366. The predicted molar refractivity (Wildman–Crippen MR) is 136 cm³/mol. The lowest BCUT2D eigenvalue weighted by atomic mass is 9.99. The van der Waals surface area contributed by atoms with Crippen LogP contribution in [0.2, 0.25) is 10.0 Å². The minimum absolute atomic E-state index is 0.000366. The third-order valence-electron chi connectivity index (χ3n) is 6.64. The second kappa shape index (κ2) is 9.29. The zero-order chi connectivity index (χ0) is 26.6. The maximum Gasteiger partial charge on any atom is 0.335 e. The van der Waals surface area contributed by atoms with E-state index in [0.717, 1.165) is 12.8 Å². The van der Waals surface area contributed by atoms with Crippen LogP contribution in [0.5, 0.6) is 17.2 Å². The number of carboxylic acids is 1. The van der Waals surface area contributed by atoms with Crippen molar-refractivity contribution in [3.05, 3.63) is 92.7 Å². The summed E-state index contributed by atoms with van der Waals surface area (Å²) in [5, 5.41) is 14.3. The molecule has 2 aliphatic rings. The Kier molecular flexibility index (Phi) is 6.04. The van der Waals surface area contributed by atoms with E-state index >= 15 is 8.78 Å². The van der Waals surface area contributed by atoms with Crippen molar-refractivity contribution in [3.8, 4) is 28.5 Å².